The van der Waals surface area contributed by atoms with E-state index in [-0.39, 0.29) is 0 Å². The van der Waals surface area contributed by atoms with Crippen molar-refractivity contribution in [3.8, 4) is 17.2 Å². The summed E-state index contributed by atoms with van der Waals surface area (Å²) in [5.41, 5.74) is 0. The van der Waals surface area contributed by atoms with Crippen LogP contribution in [0.4, 0.5) is 0 Å². The van der Waals surface area contributed by atoms with E-state index in [0.717, 1.165) is 0 Å². The summed E-state index contributed by atoms with van der Waals surface area (Å²) >= 11 is 0. The number of hydrogen-bond donors (Lipinski definition) is 0. The van der Waals surface area contributed by atoms with Crippen molar-refractivity contribution in [2.24, 2.45) is 0 Å². The second-order valence-electron chi connectivity index (χ2n) is 10.4. The van der Waals surface area contributed by atoms with Crippen LogP contribution < -0.4 is 34.8 Å². The summed E-state index contributed by atoms with van der Waals surface area (Å²) in [5, 5.41) is 5.55. The fourth-order valence-electron chi connectivity index (χ4n) is 5.26. The molecule has 0 aliphatic carbocycles. The molecule has 0 aliphatic rings. The molecule has 0 saturated carbocycles. The average molecular weight is 650 g/mol. The Labute approximate surface area is 279 Å². The Kier molecular flexibility index (Phi) is 11.1. The molecular weight excluding hydrogens is 614 g/mol. The highest BCUT2D eigenvalue weighted by molar-refractivity contribution is 8.01. The highest BCUT2D eigenvalue weighted by Gasteiger charge is 2.47. The summed E-state index contributed by atoms with van der Waals surface area (Å²) in [4.78, 5) is 0. The minimum absolute atomic E-state index is 0.709. The fraction of sp³-hybridized carbons (Fsp3) is 0. The molecule has 230 valence electrons. The van der Waals surface area contributed by atoms with Crippen LogP contribution in [-0.2, 0) is 0 Å². The molecule has 0 unspecified atom stereocenters. The van der Waals surface area contributed by atoms with Crippen molar-refractivity contribution in [1.82, 2.24) is 0 Å². The van der Waals surface area contributed by atoms with Gasteiger partial charge < -0.3 is 13.6 Å². The van der Waals surface area contributed by atoms with Gasteiger partial charge in [0.05, 0.1) is 0 Å². The van der Waals surface area contributed by atoms with Gasteiger partial charge in [-0.15, -0.1) is 0 Å². The van der Waals surface area contributed by atoms with Crippen LogP contribution in [0.25, 0.3) is 0 Å². The Balaban J connectivity index is 0.000000166. The first-order valence-electron chi connectivity index (χ1n) is 15.4. The van der Waals surface area contributed by atoms with E-state index in [9.17, 15) is 0 Å². The lowest BCUT2D eigenvalue weighted by atomic mass is 10.3. The summed E-state index contributed by atoms with van der Waals surface area (Å²) < 4.78 is 17.5. The number of para-hydroxylation sites is 3. The Morgan fingerprint density at radius 1 is 0.255 bits per heavy atom. The summed E-state index contributed by atoms with van der Waals surface area (Å²) in [6.45, 7) is 0. The van der Waals surface area contributed by atoms with Crippen molar-refractivity contribution in [3.63, 3.8) is 0 Å². The van der Waals surface area contributed by atoms with Crippen LogP contribution >= 0.6 is 15.9 Å². The van der Waals surface area contributed by atoms with Crippen LogP contribution in [0.15, 0.2) is 212 Å². The molecule has 0 aromatic heterocycles. The van der Waals surface area contributed by atoms with Crippen LogP contribution in [0.5, 0.6) is 17.2 Å². The topological polar surface area (TPSA) is 27.7 Å². The number of benzene rings is 7. The molecule has 7 rings (SSSR count). The van der Waals surface area contributed by atoms with E-state index >= 15 is 0 Å². The molecule has 0 N–H and O–H groups in total. The predicted molar refractivity (Wildman–Crippen MR) is 199 cm³/mol. The van der Waals surface area contributed by atoms with E-state index in [4.69, 9.17) is 13.6 Å². The van der Waals surface area contributed by atoms with Crippen LogP contribution in [-0.4, -0.2) is 0 Å². The Hall–Kier alpha value is -5.20. The van der Waals surface area contributed by atoms with Crippen molar-refractivity contribution >= 4 is 37.1 Å². The van der Waals surface area contributed by atoms with Gasteiger partial charge in [-0.1, -0.05) is 127 Å². The smallest absolute Gasteiger partial charge is 0.409 e. The van der Waals surface area contributed by atoms with Gasteiger partial charge >= 0.3 is 8.60 Å². The first kappa shape index (κ1) is 31.8. The summed E-state index contributed by atoms with van der Waals surface area (Å²) in [7, 11) is -3.50. The Morgan fingerprint density at radius 2 is 0.447 bits per heavy atom. The SMILES string of the molecule is c1ccc(OP(Oc2ccccc2)Oc2ccccc2)cc1.c1ccc([P+](c2ccccc2)(c2ccccc2)c2ccccc2)cc1. The molecule has 47 heavy (non-hydrogen) atoms. The molecule has 0 fully saturated rings. The van der Waals surface area contributed by atoms with Gasteiger partial charge in [0.25, 0.3) is 0 Å². The summed E-state index contributed by atoms with van der Waals surface area (Å²) in [6, 6.07) is 72.3. The zero-order valence-corrected chi connectivity index (χ0v) is 27.6. The second kappa shape index (κ2) is 16.4. The van der Waals surface area contributed by atoms with Crippen molar-refractivity contribution < 1.29 is 13.6 Å². The Morgan fingerprint density at radius 3 is 0.660 bits per heavy atom. The standard InChI is InChI=1S/C24H20P.C18H15O3P/c1-5-13-21(14-6-1)25(22-15-7-2-8-16-22,23-17-9-3-10-18-23)24-19-11-4-12-20-24;1-4-10-16(11-5-1)19-22(20-17-12-6-2-7-13-17)21-18-14-8-3-9-15-18/h1-20H;1-15H/q+1;. The van der Waals surface area contributed by atoms with Crippen LogP contribution in [0, 0.1) is 0 Å². The van der Waals surface area contributed by atoms with Gasteiger partial charge in [0, 0.05) is 0 Å². The Bertz CT molecular complexity index is 1620. The fourth-order valence-corrected chi connectivity index (χ4v) is 10.5. The molecule has 7 aromatic rings. The molecule has 0 bridgehead atoms. The quantitative estimate of drug-likeness (QED) is 0.138. The van der Waals surface area contributed by atoms with Gasteiger partial charge in [-0.3, -0.25) is 0 Å². The molecule has 0 amide bonds. The molecule has 0 atom stereocenters. The van der Waals surface area contributed by atoms with Gasteiger partial charge in [0.15, 0.2) is 0 Å². The van der Waals surface area contributed by atoms with Gasteiger partial charge in [0.1, 0.15) is 45.7 Å². The molecule has 0 spiro atoms. The lowest BCUT2D eigenvalue weighted by Crippen LogP contribution is -2.38. The van der Waals surface area contributed by atoms with E-state index in [1.54, 1.807) is 0 Å². The number of hydrogen-bond acceptors (Lipinski definition) is 3. The molecule has 0 aliphatic heterocycles. The first-order valence-corrected chi connectivity index (χ1v) is 18.3. The zero-order chi connectivity index (χ0) is 32.0. The molecule has 5 heteroatoms. The maximum Gasteiger partial charge on any atom is 0.530 e. The second-order valence-corrected chi connectivity index (χ2v) is 14.9. The lowest BCUT2D eigenvalue weighted by molar-refractivity contribution is 0.388. The van der Waals surface area contributed by atoms with E-state index in [1.807, 2.05) is 91.0 Å². The maximum absolute atomic E-state index is 5.84. The van der Waals surface area contributed by atoms with Crippen LogP contribution in [0.3, 0.4) is 0 Å². The van der Waals surface area contributed by atoms with Crippen molar-refractivity contribution in [2.45, 2.75) is 0 Å². The summed E-state index contributed by atoms with van der Waals surface area (Å²) in [6.07, 6.45) is 0. The minimum atomic E-state index is -1.91. The third-order valence-electron chi connectivity index (χ3n) is 7.34. The molecule has 0 radical (unpaired) electrons. The van der Waals surface area contributed by atoms with Gasteiger partial charge in [-0.05, 0) is 84.9 Å². The predicted octanol–water partition coefficient (Wildman–Crippen LogP) is 9.76. The molecular formula is C42H35O3P2+. The van der Waals surface area contributed by atoms with Crippen molar-refractivity contribution in [2.75, 3.05) is 0 Å². The molecule has 7 aromatic carbocycles. The maximum atomic E-state index is 5.84. The van der Waals surface area contributed by atoms with Crippen LogP contribution in [0.2, 0.25) is 0 Å². The summed E-state index contributed by atoms with van der Waals surface area (Å²) in [5.74, 6) is 2.13. The highest BCUT2D eigenvalue weighted by atomic mass is 31.2. The van der Waals surface area contributed by atoms with E-state index in [1.165, 1.54) is 21.2 Å². The monoisotopic (exact) mass is 649 g/mol. The highest BCUT2D eigenvalue weighted by Crippen LogP contribution is 2.54. The third kappa shape index (κ3) is 8.15. The lowest BCUT2D eigenvalue weighted by Gasteiger charge is -2.27. The van der Waals surface area contributed by atoms with Gasteiger partial charge in [0.2, 0.25) is 0 Å². The van der Waals surface area contributed by atoms with Gasteiger partial charge in [-0.25, -0.2) is 0 Å². The van der Waals surface area contributed by atoms with E-state index in [2.05, 4.69) is 121 Å². The van der Waals surface area contributed by atoms with E-state index in [0.29, 0.717) is 17.2 Å². The van der Waals surface area contributed by atoms with Crippen molar-refractivity contribution in [3.05, 3.63) is 212 Å². The average Bonchev–Trinajstić information content (AvgIpc) is 3.15. The normalized spacial score (nSPS) is 10.7. The molecule has 0 saturated heterocycles. The zero-order valence-electron chi connectivity index (χ0n) is 25.8. The third-order valence-corrected chi connectivity index (χ3v) is 12.7. The minimum Gasteiger partial charge on any atom is -0.409 e. The first-order chi connectivity index (χ1) is 23.3. The number of rotatable bonds is 10. The largest absolute Gasteiger partial charge is 0.530 e. The van der Waals surface area contributed by atoms with E-state index < -0.39 is 15.9 Å². The van der Waals surface area contributed by atoms with Crippen LogP contribution in [0.1, 0.15) is 0 Å². The molecule has 3 nitrogen and oxygen atoms in total. The molecule has 0 heterocycles. The van der Waals surface area contributed by atoms with Crippen molar-refractivity contribution in [1.29, 1.82) is 0 Å². The van der Waals surface area contributed by atoms with Gasteiger partial charge in [-0.2, -0.15) is 0 Å².